The maximum Gasteiger partial charge on any atom is 0.232 e. The van der Waals surface area contributed by atoms with Gasteiger partial charge in [-0.15, -0.1) is 11.3 Å². The Bertz CT molecular complexity index is 589. The van der Waals surface area contributed by atoms with Crippen LogP contribution in [0.2, 0.25) is 0 Å². The topological polar surface area (TPSA) is 54.0 Å². The van der Waals surface area contributed by atoms with Gasteiger partial charge in [-0.3, -0.25) is 4.79 Å². The molecule has 0 saturated heterocycles. The number of nitrogens with zero attached hydrogens (tertiary/aromatic N) is 1. The molecule has 1 amide bonds. The Kier molecular flexibility index (Phi) is 3.49. The van der Waals surface area contributed by atoms with E-state index in [-0.39, 0.29) is 11.3 Å². The molecule has 0 atom stereocenters. The van der Waals surface area contributed by atoms with E-state index in [1.54, 1.807) is 0 Å². The van der Waals surface area contributed by atoms with Crippen LogP contribution in [0.15, 0.2) is 5.38 Å². The zero-order valence-electron chi connectivity index (χ0n) is 12.7. The van der Waals surface area contributed by atoms with Crippen LogP contribution in [0.1, 0.15) is 44.2 Å². The quantitative estimate of drug-likeness (QED) is 0.813. The highest BCUT2D eigenvalue weighted by Gasteiger charge is 2.54. The van der Waals surface area contributed by atoms with Gasteiger partial charge in [-0.1, -0.05) is 0 Å². The van der Waals surface area contributed by atoms with Gasteiger partial charge in [-0.05, 0) is 75.4 Å². The molecule has 2 N–H and O–H groups in total. The maximum absolute atomic E-state index is 12.8. The number of anilines is 1. The van der Waals surface area contributed by atoms with Gasteiger partial charge < -0.3 is 10.6 Å². The summed E-state index contributed by atoms with van der Waals surface area (Å²) in [5.74, 6) is 2.43. The van der Waals surface area contributed by atoms with Gasteiger partial charge in [-0.25, -0.2) is 4.98 Å². The Morgan fingerprint density at radius 1 is 1.27 bits per heavy atom. The first-order valence-corrected chi connectivity index (χ1v) is 9.36. The van der Waals surface area contributed by atoms with Crippen molar-refractivity contribution in [1.29, 1.82) is 0 Å². The van der Waals surface area contributed by atoms with E-state index >= 15 is 0 Å². The number of hydrogen-bond acceptors (Lipinski definition) is 4. The molecule has 5 rings (SSSR count). The summed E-state index contributed by atoms with van der Waals surface area (Å²) in [6.07, 6.45) is 7.20. The second-order valence-electron chi connectivity index (χ2n) is 7.40. The molecule has 4 saturated carbocycles. The first-order valence-electron chi connectivity index (χ1n) is 8.07. The van der Waals surface area contributed by atoms with E-state index in [4.69, 9.17) is 12.2 Å². The van der Waals surface area contributed by atoms with Crippen molar-refractivity contribution in [3.63, 3.8) is 0 Å². The van der Waals surface area contributed by atoms with Gasteiger partial charge in [0.25, 0.3) is 0 Å². The molecule has 4 fully saturated rings. The van der Waals surface area contributed by atoms with Crippen LogP contribution in [-0.2, 0) is 4.79 Å². The minimum Gasteiger partial charge on any atom is -0.308 e. The molecule has 1 aromatic rings. The lowest BCUT2D eigenvalue weighted by molar-refractivity contribution is -0.144. The third-order valence-electron chi connectivity index (χ3n) is 5.59. The molecule has 6 heteroatoms. The van der Waals surface area contributed by atoms with Crippen molar-refractivity contribution in [3.05, 3.63) is 11.1 Å². The van der Waals surface area contributed by atoms with Gasteiger partial charge in [0, 0.05) is 5.38 Å². The number of aryl methyl sites for hydroxylation is 1. The molecular formula is C16H21N3OS2. The van der Waals surface area contributed by atoms with Crippen molar-refractivity contribution in [2.45, 2.75) is 45.4 Å². The summed E-state index contributed by atoms with van der Waals surface area (Å²) in [5.41, 5.74) is 0.807. The molecule has 0 unspecified atom stereocenters. The number of rotatable bonds is 2. The van der Waals surface area contributed by atoms with E-state index in [1.807, 2.05) is 12.3 Å². The summed E-state index contributed by atoms with van der Waals surface area (Å²) in [6, 6.07) is 0. The fourth-order valence-electron chi connectivity index (χ4n) is 5.16. The average molecular weight is 335 g/mol. The van der Waals surface area contributed by atoms with E-state index in [0.29, 0.717) is 5.11 Å². The molecule has 0 radical (unpaired) electrons. The smallest absolute Gasteiger partial charge is 0.232 e. The summed E-state index contributed by atoms with van der Waals surface area (Å²) < 4.78 is 0. The van der Waals surface area contributed by atoms with Gasteiger partial charge in [-0.2, -0.15) is 0 Å². The average Bonchev–Trinajstić information content (AvgIpc) is 2.82. The van der Waals surface area contributed by atoms with Gasteiger partial charge in [0.05, 0.1) is 11.1 Å². The molecule has 4 aliphatic carbocycles. The van der Waals surface area contributed by atoms with Crippen LogP contribution >= 0.6 is 23.6 Å². The van der Waals surface area contributed by atoms with Crippen molar-refractivity contribution in [1.82, 2.24) is 10.3 Å². The molecule has 4 bridgehead atoms. The highest BCUT2D eigenvalue weighted by Crippen LogP contribution is 2.60. The highest BCUT2D eigenvalue weighted by atomic mass is 32.1. The van der Waals surface area contributed by atoms with E-state index in [1.165, 1.54) is 30.6 Å². The predicted molar refractivity (Wildman–Crippen MR) is 91.8 cm³/mol. The highest BCUT2D eigenvalue weighted by molar-refractivity contribution is 7.80. The summed E-state index contributed by atoms with van der Waals surface area (Å²) in [4.78, 5) is 17.2. The van der Waals surface area contributed by atoms with Crippen LogP contribution in [-0.4, -0.2) is 16.0 Å². The van der Waals surface area contributed by atoms with Crippen LogP contribution in [0.25, 0.3) is 0 Å². The van der Waals surface area contributed by atoms with Gasteiger partial charge in [0.15, 0.2) is 10.2 Å². The number of thiazole rings is 1. The monoisotopic (exact) mass is 335 g/mol. The zero-order valence-corrected chi connectivity index (χ0v) is 14.4. The number of nitrogens with one attached hydrogen (secondary N) is 2. The molecule has 0 spiro atoms. The number of thiocarbonyl (C=S) groups is 1. The Hall–Kier alpha value is -1.01. The maximum atomic E-state index is 12.8. The minimum absolute atomic E-state index is 0.136. The second kappa shape index (κ2) is 5.27. The standard InChI is InChI=1S/C16H21N3OS2/c1-9-8-22-15(17-9)19-14(21)18-13(20)16-5-10-2-11(6-16)4-12(3-10)7-16/h8,10-12H,2-7H2,1H3,(H2,17,18,19,20,21). The molecule has 118 valence electrons. The number of carbonyl (C=O) groups excluding carboxylic acids is 1. The number of amides is 1. The molecule has 1 aromatic heterocycles. The van der Waals surface area contributed by atoms with Crippen LogP contribution in [0.4, 0.5) is 5.13 Å². The van der Waals surface area contributed by atoms with Gasteiger partial charge in [0.2, 0.25) is 5.91 Å². The molecule has 22 heavy (non-hydrogen) atoms. The molecule has 4 aliphatic rings. The largest absolute Gasteiger partial charge is 0.308 e. The molecule has 0 aliphatic heterocycles. The molecule has 1 heterocycles. The van der Waals surface area contributed by atoms with Crippen LogP contribution in [0, 0.1) is 30.1 Å². The Labute approximate surface area is 140 Å². The lowest BCUT2D eigenvalue weighted by atomic mass is 9.49. The summed E-state index contributed by atoms with van der Waals surface area (Å²) in [6.45, 7) is 1.94. The first kappa shape index (κ1) is 14.6. The molecule has 0 aromatic carbocycles. The fourth-order valence-corrected chi connectivity index (χ4v) is 6.11. The Balaban J connectivity index is 1.42. The van der Waals surface area contributed by atoms with Crippen LogP contribution < -0.4 is 10.6 Å². The number of aromatic nitrogens is 1. The lowest BCUT2D eigenvalue weighted by Gasteiger charge is -2.55. The van der Waals surface area contributed by atoms with Crippen molar-refractivity contribution >= 4 is 39.7 Å². The van der Waals surface area contributed by atoms with Gasteiger partial charge in [0.1, 0.15) is 0 Å². The predicted octanol–water partition coefficient (Wildman–Crippen LogP) is 3.48. The van der Waals surface area contributed by atoms with Crippen molar-refractivity contribution < 1.29 is 4.79 Å². The van der Waals surface area contributed by atoms with Crippen molar-refractivity contribution in [2.75, 3.05) is 5.32 Å². The summed E-state index contributed by atoms with van der Waals surface area (Å²) in [7, 11) is 0. The first-order chi connectivity index (χ1) is 10.5. The zero-order chi connectivity index (χ0) is 15.3. The van der Waals surface area contributed by atoms with E-state index < -0.39 is 0 Å². The van der Waals surface area contributed by atoms with E-state index in [2.05, 4.69) is 15.6 Å². The summed E-state index contributed by atoms with van der Waals surface area (Å²) in [5, 5.41) is 9.07. The van der Waals surface area contributed by atoms with E-state index in [0.717, 1.165) is 47.8 Å². The lowest BCUT2D eigenvalue weighted by Crippen LogP contribution is -2.55. The number of hydrogen-bond donors (Lipinski definition) is 2. The molecule has 4 nitrogen and oxygen atoms in total. The van der Waals surface area contributed by atoms with Crippen LogP contribution in [0.5, 0.6) is 0 Å². The van der Waals surface area contributed by atoms with E-state index in [9.17, 15) is 4.79 Å². The second-order valence-corrected chi connectivity index (χ2v) is 8.67. The molecular weight excluding hydrogens is 314 g/mol. The van der Waals surface area contributed by atoms with Crippen molar-refractivity contribution in [2.24, 2.45) is 23.2 Å². The fraction of sp³-hybridized carbons (Fsp3) is 0.688. The Morgan fingerprint density at radius 3 is 2.36 bits per heavy atom. The Morgan fingerprint density at radius 2 is 1.86 bits per heavy atom. The van der Waals surface area contributed by atoms with Gasteiger partial charge >= 0.3 is 0 Å². The third-order valence-corrected chi connectivity index (χ3v) is 6.67. The third kappa shape index (κ3) is 2.56. The minimum atomic E-state index is -0.153. The SMILES string of the molecule is Cc1csc(NC(=S)NC(=O)C23CC4CC(CC(C4)C2)C3)n1. The van der Waals surface area contributed by atoms with Crippen LogP contribution in [0.3, 0.4) is 0 Å². The van der Waals surface area contributed by atoms with Crippen molar-refractivity contribution in [3.8, 4) is 0 Å². The number of carbonyl (C=O) groups is 1. The summed E-state index contributed by atoms with van der Waals surface area (Å²) >= 11 is 6.80. The normalized spacial score (nSPS) is 35.4.